The molecule has 0 spiro atoms. The van der Waals surface area contributed by atoms with Crippen molar-refractivity contribution in [1.82, 2.24) is 0 Å². The normalized spacial score (nSPS) is 10.7. The fourth-order valence-corrected chi connectivity index (χ4v) is 5.96. The summed E-state index contributed by atoms with van der Waals surface area (Å²) < 4.78 is 0. The van der Waals surface area contributed by atoms with Crippen molar-refractivity contribution in [2.75, 3.05) is 0 Å². The van der Waals surface area contributed by atoms with Gasteiger partial charge >= 0.3 is 0 Å². The highest BCUT2D eigenvalue weighted by molar-refractivity contribution is 7.54. The number of unbranched alkanes of at least 4 members (excludes halogenated alkanes) is 6. The molecular weight excluding hydrogens is 567 g/mol. The number of aryl methyl sites for hydroxylation is 3. The zero-order valence-corrected chi connectivity index (χ0v) is 28.8. The molecule has 0 saturated carbocycles. The summed E-state index contributed by atoms with van der Waals surface area (Å²) >= 11 is 0. The van der Waals surface area contributed by atoms with Gasteiger partial charge in [-0.2, -0.15) is 10.3 Å². The summed E-state index contributed by atoms with van der Waals surface area (Å²) in [6.45, 7) is 1.93. The Bertz CT molecular complexity index is 1490. The predicted molar refractivity (Wildman–Crippen MR) is 219 cm³/mol. The molecule has 13 radical (unpaired) electrons. The SMILES string of the molecule is Cc1ccc(-c2ccc(CCCCCCCCCc3ccc(-c4ccc(C#N)cc4)cc3)cc2)cc1.[B][B]C(B([B])[B])(B([B])[B])B([B])C. The van der Waals surface area contributed by atoms with Crippen LogP contribution in [0.3, 0.4) is 0 Å². The zero-order valence-electron chi connectivity index (χ0n) is 28.8. The number of benzene rings is 4. The molecule has 1 nitrogen and oxygen atoms in total. The molecule has 223 valence electrons. The van der Waals surface area contributed by atoms with Gasteiger partial charge in [0.15, 0.2) is 0 Å². The van der Waals surface area contributed by atoms with Crippen molar-refractivity contribution >= 4 is 73.2 Å². The van der Waals surface area contributed by atoms with Gasteiger partial charge < -0.3 is 0 Å². The minimum atomic E-state index is -0.917. The lowest BCUT2D eigenvalue weighted by molar-refractivity contribution is 0.579. The van der Waals surface area contributed by atoms with Crippen LogP contribution in [0.4, 0.5) is 0 Å². The van der Waals surface area contributed by atoms with Gasteiger partial charge in [0.1, 0.15) is 0 Å². The molecule has 11 heteroatoms. The standard InChI is InChI=1S/C35H37N.C2H3B10/c1-28-11-19-32(20-12-28)33-21-13-29(14-22-33)9-7-5-3-2-4-6-8-10-30-15-23-34(24-16-30)35-25-17-31(27-36)18-26-35;1-10(4)2(9-3,11(5)6)12(7)8/h11-26H,2-10H2,1H3;1H3. The molecule has 0 fully saturated rings. The quantitative estimate of drug-likeness (QED) is 0.103. The van der Waals surface area contributed by atoms with E-state index in [1.807, 2.05) is 24.3 Å². The largest absolute Gasteiger partial charge is 0.192 e. The maximum absolute atomic E-state index is 8.95. The third-order valence-corrected chi connectivity index (χ3v) is 9.30. The highest BCUT2D eigenvalue weighted by atomic mass is 14.2. The minimum absolute atomic E-state index is 0.387. The molecule has 0 aliphatic carbocycles. The maximum atomic E-state index is 8.95. The van der Waals surface area contributed by atoms with Gasteiger partial charge in [0.2, 0.25) is 0 Å². The maximum Gasteiger partial charge on any atom is 0.0991 e. The van der Waals surface area contributed by atoms with Gasteiger partial charge in [-0.15, -0.1) is 0 Å². The number of hydrogen-bond acceptors (Lipinski definition) is 1. The van der Waals surface area contributed by atoms with E-state index in [2.05, 4.69) is 85.8 Å². The molecule has 0 unspecified atom stereocenters. The first-order chi connectivity index (χ1) is 23.1. The van der Waals surface area contributed by atoms with Crippen LogP contribution in [0.5, 0.6) is 0 Å². The fourth-order valence-electron chi connectivity index (χ4n) is 5.96. The second-order valence-corrected chi connectivity index (χ2v) is 12.9. The van der Waals surface area contributed by atoms with Crippen molar-refractivity contribution in [2.45, 2.75) is 76.5 Å². The Hall–Kier alpha value is -2.98. The van der Waals surface area contributed by atoms with E-state index in [1.165, 1.54) is 97.5 Å². The molecule has 0 aliphatic heterocycles. The van der Waals surface area contributed by atoms with Crippen LogP contribution in [0.1, 0.15) is 67.2 Å². The number of nitriles is 1. The molecular formula is C37H40B10N. The van der Waals surface area contributed by atoms with Gasteiger partial charge in [-0.3, -0.25) is 0 Å². The molecule has 0 N–H and O–H groups in total. The van der Waals surface area contributed by atoms with Crippen LogP contribution in [0, 0.1) is 18.3 Å². The predicted octanol–water partition coefficient (Wildman–Crippen LogP) is 6.71. The summed E-state index contributed by atoms with van der Waals surface area (Å²) in [4.78, 5) is 0. The fraction of sp³-hybridized carbons (Fsp3) is 0.324. The third kappa shape index (κ3) is 11.9. The van der Waals surface area contributed by atoms with Gasteiger partial charge in [0.05, 0.1) is 18.2 Å². The minimum Gasteiger partial charge on any atom is -0.192 e. The summed E-state index contributed by atoms with van der Waals surface area (Å²) in [6, 6.07) is 36.8. The molecule has 4 aromatic carbocycles. The van der Waals surface area contributed by atoms with Crippen LogP contribution in [0.2, 0.25) is 11.8 Å². The molecule has 0 saturated heterocycles. The molecule has 0 amide bonds. The lowest BCUT2D eigenvalue weighted by Gasteiger charge is -2.44. The Labute approximate surface area is 301 Å². The van der Waals surface area contributed by atoms with Gasteiger partial charge in [-0.25, -0.2) is 0 Å². The van der Waals surface area contributed by atoms with Crippen LogP contribution in [0.25, 0.3) is 22.3 Å². The van der Waals surface area contributed by atoms with E-state index in [9.17, 15) is 0 Å². The summed E-state index contributed by atoms with van der Waals surface area (Å²) in [5.41, 5.74) is 9.87. The number of nitrogens with zero attached hydrogens (tertiary/aromatic N) is 1. The molecule has 0 atom stereocenters. The number of hydrogen-bond donors (Lipinski definition) is 0. The Kier molecular flexibility index (Phi) is 16.9. The van der Waals surface area contributed by atoms with Crippen molar-refractivity contribution in [3.05, 3.63) is 119 Å². The van der Waals surface area contributed by atoms with Crippen LogP contribution in [0.15, 0.2) is 97.1 Å². The molecule has 4 aromatic rings. The van der Waals surface area contributed by atoms with Crippen molar-refractivity contribution < 1.29 is 0 Å². The van der Waals surface area contributed by atoms with E-state index in [-0.39, 0.29) is 6.60 Å². The van der Waals surface area contributed by atoms with Gasteiger partial charge in [-0.05, 0) is 78.1 Å². The van der Waals surface area contributed by atoms with Crippen LogP contribution >= 0.6 is 0 Å². The van der Waals surface area contributed by atoms with E-state index in [1.54, 1.807) is 6.82 Å². The average Bonchev–Trinajstić information content (AvgIpc) is 3.09. The van der Waals surface area contributed by atoms with Crippen LogP contribution in [-0.4, -0.2) is 73.2 Å². The van der Waals surface area contributed by atoms with E-state index < -0.39 is 18.0 Å². The topological polar surface area (TPSA) is 23.8 Å². The summed E-state index contributed by atoms with van der Waals surface area (Å²) in [6.07, 6.45) is 11.6. The van der Waals surface area contributed by atoms with Gasteiger partial charge in [0.25, 0.3) is 0 Å². The smallest absolute Gasteiger partial charge is 0.0991 e. The van der Waals surface area contributed by atoms with E-state index in [0.29, 0.717) is 5.56 Å². The highest BCUT2D eigenvalue weighted by Crippen LogP contribution is 2.28. The van der Waals surface area contributed by atoms with E-state index in [4.69, 9.17) is 51.7 Å². The summed E-state index contributed by atoms with van der Waals surface area (Å²) in [5.74, 6) is 0. The van der Waals surface area contributed by atoms with Crippen LogP contribution < -0.4 is 0 Å². The lowest BCUT2D eigenvalue weighted by Crippen LogP contribution is -2.59. The van der Waals surface area contributed by atoms with E-state index in [0.717, 1.165) is 6.42 Å². The zero-order chi connectivity index (χ0) is 34.9. The molecule has 0 aromatic heterocycles. The Morgan fingerprint density at radius 3 is 1.19 bits per heavy atom. The summed E-state index contributed by atoms with van der Waals surface area (Å²) in [5, 5.41) is 8.03. The first kappa shape index (κ1) is 39.5. The van der Waals surface area contributed by atoms with Crippen molar-refractivity contribution in [1.29, 1.82) is 5.26 Å². The molecule has 0 heterocycles. The third-order valence-electron chi connectivity index (χ3n) is 9.30. The molecule has 4 rings (SSSR count). The first-order valence-corrected chi connectivity index (χ1v) is 17.2. The van der Waals surface area contributed by atoms with E-state index >= 15 is 0 Å². The van der Waals surface area contributed by atoms with Crippen molar-refractivity contribution in [2.24, 2.45) is 0 Å². The number of rotatable bonds is 16. The average molecular weight is 607 g/mol. The Morgan fingerprint density at radius 2 is 0.896 bits per heavy atom. The first-order valence-electron chi connectivity index (χ1n) is 17.2. The molecule has 0 aliphatic rings. The van der Waals surface area contributed by atoms with Gasteiger partial charge in [-0.1, -0.05) is 129 Å². The van der Waals surface area contributed by atoms with Gasteiger partial charge in [0, 0.05) is 66.6 Å². The molecule has 0 bridgehead atoms. The highest BCUT2D eigenvalue weighted by Gasteiger charge is 2.38. The van der Waals surface area contributed by atoms with Crippen molar-refractivity contribution in [3.8, 4) is 28.3 Å². The second kappa shape index (κ2) is 20.5. The van der Waals surface area contributed by atoms with Crippen molar-refractivity contribution in [3.63, 3.8) is 0 Å². The lowest BCUT2D eigenvalue weighted by atomic mass is 8.75. The molecule has 48 heavy (non-hydrogen) atoms. The van der Waals surface area contributed by atoms with Crippen LogP contribution in [-0.2, 0) is 12.8 Å². The second-order valence-electron chi connectivity index (χ2n) is 12.9. The Morgan fingerprint density at radius 1 is 0.562 bits per heavy atom. The summed E-state index contributed by atoms with van der Waals surface area (Å²) in [7, 11) is 34.4. The Balaban J connectivity index is 0.000000444. The monoisotopic (exact) mass is 608 g/mol.